The number of benzene rings is 2. The van der Waals surface area contributed by atoms with Gasteiger partial charge in [0.15, 0.2) is 4.84 Å². The summed E-state index contributed by atoms with van der Waals surface area (Å²) in [6.45, 7) is 4.40. The Labute approximate surface area is 209 Å². The Bertz CT molecular complexity index is 1070. The zero-order valence-electron chi connectivity index (χ0n) is 19.0. The van der Waals surface area contributed by atoms with Crippen molar-refractivity contribution in [2.75, 3.05) is 18.5 Å². The standard InChI is InChI=1S/C25H27Cl2N3O4/c1-3-5-14-30-21(16-10-7-6-8-11-16)19(24(32)34-4-2)20(29-25(30)33)17-12-9-13-18(15-17)28-23(31)22(26)27/h6-13,15,20,22H,3-5,14H2,1-2H3,(H,28,31)(H,29,33). The molecular formula is C25H27Cl2N3O4. The molecule has 7 nitrogen and oxygen atoms in total. The zero-order chi connectivity index (χ0) is 24.7. The largest absolute Gasteiger partial charge is 0.463 e. The van der Waals surface area contributed by atoms with Crippen molar-refractivity contribution in [2.24, 2.45) is 0 Å². The summed E-state index contributed by atoms with van der Waals surface area (Å²) in [6, 6.07) is 15.0. The number of esters is 1. The van der Waals surface area contributed by atoms with Crippen LogP contribution >= 0.6 is 23.2 Å². The Morgan fingerprint density at radius 1 is 1.12 bits per heavy atom. The second kappa shape index (κ2) is 11.9. The number of rotatable bonds is 9. The van der Waals surface area contributed by atoms with Gasteiger partial charge in [-0.25, -0.2) is 9.59 Å². The van der Waals surface area contributed by atoms with Gasteiger partial charge in [-0.15, -0.1) is 0 Å². The number of hydrogen-bond donors (Lipinski definition) is 2. The number of halogens is 2. The van der Waals surface area contributed by atoms with E-state index in [0.29, 0.717) is 29.1 Å². The van der Waals surface area contributed by atoms with Gasteiger partial charge in [0.1, 0.15) is 0 Å². The molecule has 3 rings (SSSR count). The third-order valence-electron chi connectivity index (χ3n) is 5.29. The van der Waals surface area contributed by atoms with E-state index >= 15 is 0 Å². The summed E-state index contributed by atoms with van der Waals surface area (Å²) in [5, 5.41) is 5.57. The Morgan fingerprint density at radius 2 is 1.85 bits per heavy atom. The molecular weight excluding hydrogens is 477 g/mol. The van der Waals surface area contributed by atoms with E-state index in [0.717, 1.165) is 18.4 Å². The van der Waals surface area contributed by atoms with Crippen molar-refractivity contribution < 1.29 is 19.1 Å². The Morgan fingerprint density at radius 3 is 2.50 bits per heavy atom. The van der Waals surface area contributed by atoms with Crippen LogP contribution in [0.4, 0.5) is 10.5 Å². The van der Waals surface area contributed by atoms with E-state index in [9.17, 15) is 14.4 Å². The number of nitrogens with one attached hydrogen (secondary N) is 2. The van der Waals surface area contributed by atoms with E-state index in [4.69, 9.17) is 27.9 Å². The summed E-state index contributed by atoms with van der Waals surface area (Å²) in [6.07, 6.45) is 1.65. The average molecular weight is 504 g/mol. The smallest absolute Gasteiger partial charge is 0.338 e. The number of carbonyl (C=O) groups is 3. The van der Waals surface area contributed by atoms with Gasteiger partial charge in [-0.05, 0) is 36.6 Å². The molecule has 0 bridgehead atoms. The fraction of sp³-hybridized carbons (Fsp3) is 0.320. The Hall–Kier alpha value is -3.03. The molecule has 0 radical (unpaired) electrons. The SMILES string of the molecule is CCCCN1C(=O)NC(c2cccc(NC(=O)C(Cl)Cl)c2)C(C(=O)OCC)=C1c1ccccc1. The van der Waals surface area contributed by atoms with Crippen LogP contribution in [0.1, 0.15) is 43.9 Å². The quantitative estimate of drug-likeness (QED) is 0.360. The van der Waals surface area contributed by atoms with Gasteiger partial charge >= 0.3 is 12.0 Å². The number of alkyl halides is 2. The van der Waals surface area contributed by atoms with Crippen molar-refractivity contribution in [3.8, 4) is 0 Å². The van der Waals surface area contributed by atoms with Gasteiger partial charge in [0, 0.05) is 12.2 Å². The maximum Gasteiger partial charge on any atom is 0.338 e. The number of carbonyl (C=O) groups excluding carboxylic acids is 3. The molecule has 0 saturated carbocycles. The molecule has 180 valence electrons. The molecule has 0 fully saturated rings. The summed E-state index contributed by atoms with van der Waals surface area (Å²) in [5.74, 6) is -1.10. The molecule has 2 aromatic rings. The van der Waals surface area contributed by atoms with Gasteiger partial charge in [0.2, 0.25) is 0 Å². The molecule has 1 unspecified atom stereocenters. The van der Waals surface area contributed by atoms with Crippen molar-refractivity contribution >= 4 is 52.5 Å². The minimum Gasteiger partial charge on any atom is -0.463 e. The van der Waals surface area contributed by atoms with Crippen LogP contribution in [0, 0.1) is 0 Å². The molecule has 0 aromatic heterocycles. The molecule has 9 heteroatoms. The fourth-order valence-corrected chi connectivity index (χ4v) is 3.87. The van der Waals surface area contributed by atoms with E-state index in [1.165, 1.54) is 0 Å². The van der Waals surface area contributed by atoms with Crippen LogP contribution in [0.25, 0.3) is 5.70 Å². The fourth-order valence-electron chi connectivity index (χ4n) is 3.76. The topological polar surface area (TPSA) is 87.7 Å². The monoisotopic (exact) mass is 503 g/mol. The van der Waals surface area contributed by atoms with Gasteiger partial charge in [0.25, 0.3) is 5.91 Å². The van der Waals surface area contributed by atoms with Crippen molar-refractivity contribution in [3.05, 3.63) is 71.3 Å². The van der Waals surface area contributed by atoms with Crippen LogP contribution in [0.5, 0.6) is 0 Å². The minimum atomic E-state index is -1.23. The molecule has 2 N–H and O–H groups in total. The van der Waals surface area contributed by atoms with Gasteiger partial charge in [-0.3, -0.25) is 9.69 Å². The third kappa shape index (κ3) is 5.90. The number of anilines is 1. The predicted molar refractivity (Wildman–Crippen MR) is 133 cm³/mol. The molecule has 1 aliphatic heterocycles. The summed E-state index contributed by atoms with van der Waals surface area (Å²) in [4.78, 5) is 38.9. The van der Waals surface area contributed by atoms with E-state index in [1.54, 1.807) is 36.1 Å². The summed E-state index contributed by atoms with van der Waals surface area (Å²) < 4.78 is 5.42. The van der Waals surface area contributed by atoms with Crippen molar-refractivity contribution in [2.45, 2.75) is 37.6 Å². The first kappa shape index (κ1) is 25.6. The van der Waals surface area contributed by atoms with Gasteiger partial charge in [-0.1, -0.05) is 79.0 Å². The van der Waals surface area contributed by atoms with Crippen molar-refractivity contribution in [1.29, 1.82) is 0 Å². The van der Waals surface area contributed by atoms with Gasteiger partial charge < -0.3 is 15.4 Å². The maximum absolute atomic E-state index is 13.3. The summed E-state index contributed by atoms with van der Waals surface area (Å²) in [5.41, 5.74) is 2.59. The molecule has 1 heterocycles. The van der Waals surface area contributed by atoms with E-state index < -0.39 is 22.8 Å². The number of nitrogens with zero attached hydrogens (tertiary/aromatic N) is 1. The van der Waals surface area contributed by atoms with E-state index in [1.807, 2.05) is 37.3 Å². The van der Waals surface area contributed by atoms with Crippen molar-refractivity contribution in [3.63, 3.8) is 0 Å². The number of hydrogen-bond acceptors (Lipinski definition) is 4. The van der Waals surface area contributed by atoms with Gasteiger partial charge in [0.05, 0.1) is 23.9 Å². The molecule has 3 amide bonds. The first-order valence-electron chi connectivity index (χ1n) is 11.1. The minimum absolute atomic E-state index is 0.183. The maximum atomic E-state index is 13.3. The van der Waals surface area contributed by atoms with Crippen LogP contribution in [-0.2, 0) is 14.3 Å². The third-order valence-corrected chi connectivity index (χ3v) is 5.69. The lowest BCUT2D eigenvalue weighted by atomic mass is 9.91. The average Bonchev–Trinajstić information content (AvgIpc) is 2.83. The lowest BCUT2D eigenvalue weighted by Crippen LogP contribution is -2.48. The van der Waals surface area contributed by atoms with Crippen LogP contribution in [0.15, 0.2) is 60.2 Å². The zero-order valence-corrected chi connectivity index (χ0v) is 20.5. The lowest BCUT2D eigenvalue weighted by molar-refractivity contribution is -0.139. The van der Waals surface area contributed by atoms with Crippen LogP contribution in [-0.4, -0.2) is 40.8 Å². The molecule has 1 aliphatic rings. The predicted octanol–water partition coefficient (Wildman–Crippen LogP) is 5.27. The Kier molecular flexibility index (Phi) is 8.96. The second-order valence-corrected chi connectivity index (χ2v) is 8.75. The normalized spacial score (nSPS) is 15.9. The first-order chi connectivity index (χ1) is 16.4. The van der Waals surface area contributed by atoms with E-state index in [2.05, 4.69) is 10.6 Å². The first-order valence-corrected chi connectivity index (χ1v) is 12.0. The van der Waals surface area contributed by atoms with Crippen LogP contribution in [0.3, 0.4) is 0 Å². The molecule has 0 saturated heterocycles. The van der Waals surface area contributed by atoms with Crippen molar-refractivity contribution in [1.82, 2.24) is 10.2 Å². The second-order valence-electron chi connectivity index (χ2n) is 7.65. The number of urea groups is 1. The lowest BCUT2D eigenvalue weighted by Gasteiger charge is -2.37. The summed E-state index contributed by atoms with van der Waals surface area (Å²) in [7, 11) is 0. The number of amides is 3. The number of ether oxygens (including phenoxy) is 1. The highest BCUT2D eigenvalue weighted by Gasteiger charge is 2.38. The van der Waals surface area contributed by atoms with E-state index in [-0.39, 0.29) is 12.6 Å². The molecule has 0 aliphatic carbocycles. The highest BCUT2D eigenvalue weighted by atomic mass is 35.5. The molecule has 0 spiro atoms. The highest BCUT2D eigenvalue weighted by Crippen LogP contribution is 2.37. The Balaban J connectivity index is 2.17. The van der Waals surface area contributed by atoms with Crippen LogP contribution in [0.2, 0.25) is 0 Å². The molecule has 34 heavy (non-hydrogen) atoms. The molecule has 1 atom stereocenters. The molecule has 2 aromatic carbocycles. The van der Waals surface area contributed by atoms with Gasteiger partial charge in [-0.2, -0.15) is 0 Å². The summed E-state index contributed by atoms with van der Waals surface area (Å²) >= 11 is 11.3. The number of unbranched alkanes of at least 4 members (excludes halogenated alkanes) is 1. The highest BCUT2D eigenvalue weighted by molar-refractivity contribution is 6.54. The van der Waals surface area contributed by atoms with Crippen LogP contribution < -0.4 is 10.6 Å².